The van der Waals surface area contributed by atoms with Crippen LogP contribution in [0.15, 0.2) is 97.1 Å². The summed E-state index contributed by atoms with van der Waals surface area (Å²) in [6.45, 7) is 7.46. The third-order valence-corrected chi connectivity index (χ3v) is 4.76. The van der Waals surface area contributed by atoms with Gasteiger partial charge in [0, 0.05) is 24.2 Å². The van der Waals surface area contributed by atoms with E-state index in [4.69, 9.17) is 0 Å². The molecule has 0 aromatic heterocycles. The SMILES string of the molecule is C=C(CN(C)Cc1ccccc1)C(=O)/C(=C/c1cccc(C)c1)c1ccccc1. The molecule has 29 heavy (non-hydrogen) atoms. The number of rotatable bonds is 8. The van der Waals surface area contributed by atoms with Gasteiger partial charge in [-0.2, -0.15) is 0 Å². The molecule has 3 aromatic rings. The Hall–Kier alpha value is -3.23. The lowest BCUT2D eigenvalue weighted by Gasteiger charge is -2.18. The molecule has 0 atom stereocenters. The van der Waals surface area contributed by atoms with Crippen molar-refractivity contribution in [1.29, 1.82) is 0 Å². The molecular formula is C27H27NO. The van der Waals surface area contributed by atoms with Crippen LogP contribution in [-0.2, 0) is 11.3 Å². The summed E-state index contributed by atoms with van der Waals surface area (Å²) >= 11 is 0. The van der Waals surface area contributed by atoms with Gasteiger partial charge in [-0.1, -0.05) is 97.1 Å². The fourth-order valence-electron chi connectivity index (χ4n) is 3.36. The standard InChI is InChI=1S/C27H27NO/c1-21-11-10-14-24(17-21)18-26(25-15-8-5-9-16-25)27(29)22(2)19-28(3)20-23-12-6-4-7-13-23/h4-18H,2,19-20H2,1,3H3/b26-18+. The van der Waals surface area contributed by atoms with Crippen molar-refractivity contribution in [3.8, 4) is 0 Å². The van der Waals surface area contributed by atoms with Crippen LogP contribution in [0.1, 0.15) is 22.3 Å². The maximum atomic E-state index is 13.3. The van der Waals surface area contributed by atoms with E-state index in [2.05, 4.69) is 42.7 Å². The highest BCUT2D eigenvalue weighted by molar-refractivity contribution is 6.32. The Kier molecular flexibility index (Phi) is 6.94. The van der Waals surface area contributed by atoms with Gasteiger partial charge in [0.1, 0.15) is 0 Å². The molecule has 0 fully saturated rings. The predicted molar refractivity (Wildman–Crippen MR) is 122 cm³/mol. The van der Waals surface area contributed by atoms with Gasteiger partial charge in [-0.15, -0.1) is 0 Å². The number of carbonyl (C=O) groups is 1. The second kappa shape index (κ2) is 9.81. The first-order valence-corrected chi connectivity index (χ1v) is 9.81. The molecule has 3 aromatic carbocycles. The molecule has 0 saturated carbocycles. The van der Waals surface area contributed by atoms with Gasteiger partial charge in [0.2, 0.25) is 0 Å². The first-order chi connectivity index (χ1) is 14.0. The number of hydrogen-bond acceptors (Lipinski definition) is 2. The molecule has 0 aliphatic heterocycles. The van der Waals surface area contributed by atoms with Crippen LogP contribution in [0.3, 0.4) is 0 Å². The Bertz CT molecular complexity index is 1000. The molecule has 0 aliphatic carbocycles. The normalized spacial score (nSPS) is 11.5. The van der Waals surface area contributed by atoms with E-state index in [0.29, 0.717) is 17.7 Å². The maximum Gasteiger partial charge on any atom is 0.190 e. The monoisotopic (exact) mass is 381 g/mol. The molecule has 0 radical (unpaired) electrons. The Morgan fingerprint density at radius 1 is 0.931 bits per heavy atom. The van der Waals surface area contributed by atoms with E-state index >= 15 is 0 Å². The van der Waals surface area contributed by atoms with Gasteiger partial charge in [-0.25, -0.2) is 0 Å². The van der Waals surface area contributed by atoms with Crippen molar-refractivity contribution in [3.05, 3.63) is 119 Å². The Labute approximate surface area is 173 Å². The van der Waals surface area contributed by atoms with Gasteiger partial charge in [-0.3, -0.25) is 9.69 Å². The van der Waals surface area contributed by atoms with Crippen LogP contribution in [0.4, 0.5) is 0 Å². The molecule has 0 unspecified atom stereocenters. The Morgan fingerprint density at radius 2 is 1.59 bits per heavy atom. The molecule has 146 valence electrons. The third kappa shape index (κ3) is 5.87. The number of benzene rings is 3. The lowest BCUT2D eigenvalue weighted by Crippen LogP contribution is -2.23. The minimum absolute atomic E-state index is 0.0161. The van der Waals surface area contributed by atoms with Gasteiger partial charge in [0.05, 0.1) is 0 Å². The van der Waals surface area contributed by atoms with E-state index in [9.17, 15) is 4.79 Å². The average molecular weight is 382 g/mol. The van der Waals surface area contributed by atoms with Gasteiger partial charge in [0.15, 0.2) is 5.78 Å². The van der Waals surface area contributed by atoms with E-state index in [1.165, 1.54) is 11.1 Å². The Balaban J connectivity index is 1.81. The van der Waals surface area contributed by atoms with Crippen LogP contribution in [0.5, 0.6) is 0 Å². The summed E-state index contributed by atoms with van der Waals surface area (Å²) in [4.78, 5) is 15.4. The largest absolute Gasteiger partial charge is 0.298 e. The van der Waals surface area contributed by atoms with Crippen LogP contribution in [0.2, 0.25) is 0 Å². The van der Waals surface area contributed by atoms with Crippen molar-refractivity contribution < 1.29 is 4.79 Å². The number of aryl methyl sites for hydroxylation is 1. The predicted octanol–water partition coefficient (Wildman–Crippen LogP) is 5.79. The molecule has 0 N–H and O–H groups in total. The average Bonchev–Trinajstić information content (AvgIpc) is 2.73. The van der Waals surface area contributed by atoms with Crippen molar-refractivity contribution in [2.24, 2.45) is 0 Å². The molecule has 0 saturated heterocycles. The van der Waals surface area contributed by atoms with E-state index in [1.807, 2.05) is 73.8 Å². The molecular weight excluding hydrogens is 354 g/mol. The van der Waals surface area contributed by atoms with Gasteiger partial charge in [0.25, 0.3) is 0 Å². The highest BCUT2D eigenvalue weighted by Gasteiger charge is 2.17. The fourth-order valence-corrected chi connectivity index (χ4v) is 3.36. The smallest absolute Gasteiger partial charge is 0.190 e. The lowest BCUT2D eigenvalue weighted by atomic mass is 9.94. The zero-order valence-electron chi connectivity index (χ0n) is 17.1. The number of hydrogen-bond donors (Lipinski definition) is 0. The number of carbonyl (C=O) groups excluding carboxylic acids is 1. The van der Waals surface area contributed by atoms with Crippen LogP contribution >= 0.6 is 0 Å². The van der Waals surface area contributed by atoms with Crippen LogP contribution in [-0.4, -0.2) is 24.3 Å². The summed E-state index contributed by atoms with van der Waals surface area (Å²) in [7, 11) is 2.01. The summed E-state index contributed by atoms with van der Waals surface area (Å²) in [6.07, 6.45) is 1.97. The molecule has 0 heterocycles. The molecule has 0 spiro atoms. The Morgan fingerprint density at radius 3 is 2.24 bits per heavy atom. The summed E-state index contributed by atoms with van der Waals surface area (Å²) < 4.78 is 0. The van der Waals surface area contributed by atoms with Crippen molar-refractivity contribution in [2.45, 2.75) is 13.5 Å². The maximum absolute atomic E-state index is 13.3. The minimum Gasteiger partial charge on any atom is -0.298 e. The number of allylic oxidation sites excluding steroid dienone is 1. The summed E-state index contributed by atoms with van der Waals surface area (Å²) in [6, 6.07) is 28.2. The number of Topliss-reactive ketones (excluding diaryl/α,β-unsaturated/α-hetero) is 1. The van der Waals surface area contributed by atoms with E-state index in [0.717, 1.165) is 17.7 Å². The van der Waals surface area contributed by atoms with Crippen molar-refractivity contribution in [3.63, 3.8) is 0 Å². The summed E-state index contributed by atoms with van der Waals surface area (Å²) in [5.74, 6) is -0.0161. The summed E-state index contributed by atoms with van der Waals surface area (Å²) in [5, 5.41) is 0. The highest BCUT2D eigenvalue weighted by Crippen LogP contribution is 2.23. The number of likely N-dealkylation sites (N-methyl/N-ethyl adjacent to an activating group) is 1. The van der Waals surface area contributed by atoms with Crippen LogP contribution in [0, 0.1) is 6.92 Å². The van der Waals surface area contributed by atoms with Gasteiger partial charge in [-0.05, 0) is 36.7 Å². The van der Waals surface area contributed by atoms with Crippen molar-refractivity contribution >= 4 is 17.4 Å². The van der Waals surface area contributed by atoms with E-state index < -0.39 is 0 Å². The third-order valence-electron chi connectivity index (χ3n) is 4.76. The summed E-state index contributed by atoms with van der Waals surface area (Å²) in [5.41, 5.74) is 5.57. The second-order valence-corrected chi connectivity index (χ2v) is 7.43. The number of nitrogens with zero attached hydrogens (tertiary/aromatic N) is 1. The van der Waals surface area contributed by atoms with Crippen LogP contribution in [0.25, 0.3) is 11.6 Å². The van der Waals surface area contributed by atoms with Crippen molar-refractivity contribution in [1.82, 2.24) is 4.90 Å². The second-order valence-electron chi connectivity index (χ2n) is 7.43. The zero-order valence-corrected chi connectivity index (χ0v) is 17.1. The molecule has 3 rings (SSSR count). The zero-order chi connectivity index (χ0) is 20.6. The van der Waals surface area contributed by atoms with Gasteiger partial charge < -0.3 is 0 Å². The van der Waals surface area contributed by atoms with Gasteiger partial charge >= 0.3 is 0 Å². The molecule has 0 aliphatic rings. The first kappa shape index (κ1) is 20.5. The van der Waals surface area contributed by atoms with Crippen molar-refractivity contribution in [2.75, 3.05) is 13.6 Å². The van der Waals surface area contributed by atoms with E-state index in [-0.39, 0.29) is 5.78 Å². The molecule has 2 nitrogen and oxygen atoms in total. The number of ketones is 1. The highest BCUT2D eigenvalue weighted by atomic mass is 16.1. The quantitative estimate of drug-likeness (QED) is 0.363. The lowest BCUT2D eigenvalue weighted by molar-refractivity contribution is -0.110. The molecule has 0 amide bonds. The van der Waals surface area contributed by atoms with E-state index in [1.54, 1.807) is 0 Å². The van der Waals surface area contributed by atoms with Crippen LogP contribution < -0.4 is 0 Å². The molecule has 0 bridgehead atoms. The fraction of sp³-hybridized carbons (Fsp3) is 0.148. The minimum atomic E-state index is -0.0161. The topological polar surface area (TPSA) is 20.3 Å². The molecule has 2 heteroatoms. The first-order valence-electron chi connectivity index (χ1n) is 9.81.